The number of aliphatic hydroxyl groups is 1. The predicted octanol–water partition coefficient (Wildman–Crippen LogP) is 7.10. The third kappa shape index (κ3) is 6.72. The van der Waals surface area contributed by atoms with Crippen molar-refractivity contribution < 1.29 is 19.4 Å². The van der Waals surface area contributed by atoms with Gasteiger partial charge in [0.2, 0.25) is 5.89 Å². The number of carboxylic acid groups (broad SMARTS) is 1. The number of carboxylic acids is 1. The van der Waals surface area contributed by atoms with Crippen molar-refractivity contribution in [3.63, 3.8) is 0 Å². The Bertz CT molecular complexity index is 2360. The van der Waals surface area contributed by atoms with Gasteiger partial charge < -0.3 is 25.3 Å². The first-order valence-corrected chi connectivity index (χ1v) is 17.4. The molecule has 1 aliphatic heterocycles. The molecule has 1 fully saturated rings. The van der Waals surface area contributed by atoms with Gasteiger partial charge in [-0.2, -0.15) is 5.26 Å². The maximum Gasteiger partial charge on any atom is 0.310 e. The fourth-order valence-corrected chi connectivity index (χ4v) is 7.01. The van der Waals surface area contributed by atoms with Crippen LogP contribution in [-0.4, -0.2) is 61.8 Å². The predicted molar refractivity (Wildman–Crippen MR) is 201 cm³/mol. The maximum absolute atomic E-state index is 11.7. The van der Waals surface area contributed by atoms with Crippen LogP contribution < -0.4 is 10.6 Å². The Morgan fingerprint density at radius 1 is 1.06 bits per heavy atom. The first kappa shape index (κ1) is 34.8. The number of likely N-dealkylation sites (tertiary alicyclic amines) is 1. The van der Waals surface area contributed by atoms with E-state index in [0.29, 0.717) is 54.4 Å². The third-order valence-corrected chi connectivity index (χ3v) is 10.2. The van der Waals surface area contributed by atoms with Crippen molar-refractivity contribution in [2.24, 2.45) is 5.41 Å². The average molecular weight is 696 g/mol. The van der Waals surface area contributed by atoms with E-state index in [-0.39, 0.29) is 12.6 Å². The number of benzene rings is 3. The van der Waals surface area contributed by atoms with E-state index in [9.17, 15) is 20.3 Å². The molecule has 4 N–H and O–H groups in total. The number of fused-ring (bicyclic) bond motifs is 2. The normalized spacial score (nSPS) is 16.7. The number of hydrogen-bond acceptors (Lipinski definition) is 10. The number of aliphatic carboxylic acids is 1. The standard InChI is InChI=1S/C41H41N7O4/c1-24(22-49)44-19-27-15-30(18-42)37-35(17-27)47-39(52-37)33-9-5-7-31(25(33)2)32-8-6-10-34(26(32)3)46-38-36-29(11-13-43-38)16-28(20-45-36)21-48-14-12-41(4,23-48)40(50)51/h5-11,13,15-17,20,24,44,49H,12,14,19,21-23H2,1-4H3,(H,43,46)(H,50,51)/t24?,41-/m1/s1. The Morgan fingerprint density at radius 3 is 2.58 bits per heavy atom. The van der Waals surface area contributed by atoms with Gasteiger partial charge >= 0.3 is 5.97 Å². The van der Waals surface area contributed by atoms with E-state index in [4.69, 9.17) is 14.4 Å². The Morgan fingerprint density at radius 2 is 1.83 bits per heavy atom. The number of anilines is 2. The first-order chi connectivity index (χ1) is 25.1. The van der Waals surface area contributed by atoms with Crippen molar-refractivity contribution >= 4 is 39.5 Å². The minimum atomic E-state index is -0.748. The second-order valence-electron chi connectivity index (χ2n) is 14.1. The molecule has 11 nitrogen and oxygen atoms in total. The molecule has 0 amide bonds. The largest absolute Gasteiger partial charge is 0.481 e. The van der Waals surface area contributed by atoms with Crippen LogP contribution in [0.3, 0.4) is 0 Å². The molecule has 11 heteroatoms. The Labute approximate surface area is 302 Å². The zero-order chi connectivity index (χ0) is 36.6. The summed E-state index contributed by atoms with van der Waals surface area (Å²) in [6.07, 6.45) is 4.26. The summed E-state index contributed by atoms with van der Waals surface area (Å²) in [4.78, 5) is 28.2. The lowest BCUT2D eigenvalue weighted by Gasteiger charge is -2.20. The number of oxazole rings is 1. The van der Waals surface area contributed by atoms with Crippen LogP contribution in [0.5, 0.6) is 0 Å². The van der Waals surface area contributed by atoms with Gasteiger partial charge in [0, 0.05) is 54.7 Å². The summed E-state index contributed by atoms with van der Waals surface area (Å²) >= 11 is 0. The number of hydrogen-bond donors (Lipinski definition) is 4. The summed E-state index contributed by atoms with van der Waals surface area (Å²) in [6.45, 7) is 10.2. The number of carbonyl (C=O) groups is 1. The minimum Gasteiger partial charge on any atom is -0.481 e. The van der Waals surface area contributed by atoms with E-state index in [1.165, 1.54) is 0 Å². The maximum atomic E-state index is 11.7. The monoisotopic (exact) mass is 695 g/mol. The van der Waals surface area contributed by atoms with Crippen LogP contribution in [0.25, 0.3) is 44.6 Å². The molecule has 6 aromatic rings. The fourth-order valence-electron chi connectivity index (χ4n) is 7.01. The van der Waals surface area contributed by atoms with Crippen LogP contribution >= 0.6 is 0 Å². The number of aliphatic hydroxyl groups excluding tert-OH is 1. The Kier molecular flexibility index (Phi) is 9.46. The topological polar surface area (TPSA) is 160 Å². The molecule has 52 heavy (non-hydrogen) atoms. The molecule has 0 spiro atoms. The molecule has 7 rings (SSSR count). The van der Waals surface area contributed by atoms with Crippen molar-refractivity contribution in [3.8, 4) is 28.7 Å². The quantitative estimate of drug-likeness (QED) is 0.109. The van der Waals surface area contributed by atoms with Gasteiger partial charge in [-0.1, -0.05) is 24.3 Å². The molecular weight excluding hydrogens is 654 g/mol. The molecule has 0 saturated carbocycles. The molecule has 1 unspecified atom stereocenters. The lowest BCUT2D eigenvalue weighted by molar-refractivity contribution is -0.147. The molecule has 1 saturated heterocycles. The Hall–Kier alpha value is -5.67. The zero-order valence-electron chi connectivity index (χ0n) is 29.7. The van der Waals surface area contributed by atoms with Gasteiger partial charge in [-0.05, 0) is 110 Å². The molecule has 1 aliphatic rings. The summed E-state index contributed by atoms with van der Waals surface area (Å²) in [5.41, 5.74) is 9.24. The van der Waals surface area contributed by atoms with Gasteiger partial charge in [0.1, 0.15) is 17.1 Å². The number of nitriles is 1. The number of rotatable bonds is 11. The average Bonchev–Trinajstić information content (AvgIpc) is 3.75. The molecule has 3 aromatic heterocycles. The van der Waals surface area contributed by atoms with Crippen LogP contribution in [0.15, 0.2) is 77.5 Å². The molecule has 3 aromatic carbocycles. The number of nitrogens with zero attached hydrogens (tertiary/aromatic N) is 5. The van der Waals surface area contributed by atoms with Gasteiger partial charge in [0.15, 0.2) is 11.4 Å². The summed E-state index contributed by atoms with van der Waals surface area (Å²) in [6, 6.07) is 22.1. The van der Waals surface area contributed by atoms with Gasteiger partial charge in [-0.3, -0.25) is 14.7 Å². The first-order valence-electron chi connectivity index (χ1n) is 17.4. The van der Waals surface area contributed by atoms with E-state index in [0.717, 1.165) is 62.1 Å². The van der Waals surface area contributed by atoms with Crippen molar-refractivity contribution in [2.45, 2.75) is 53.2 Å². The highest BCUT2D eigenvalue weighted by Crippen LogP contribution is 2.38. The summed E-state index contributed by atoms with van der Waals surface area (Å²) in [5.74, 6) is 0.342. The van der Waals surface area contributed by atoms with Crippen molar-refractivity contribution in [3.05, 3.63) is 101 Å². The van der Waals surface area contributed by atoms with Gasteiger partial charge in [0.25, 0.3) is 0 Å². The molecule has 264 valence electrons. The van der Waals surface area contributed by atoms with Crippen LogP contribution in [0.1, 0.15) is 48.1 Å². The molecule has 0 aliphatic carbocycles. The van der Waals surface area contributed by atoms with E-state index >= 15 is 0 Å². The summed E-state index contributed by atoms with van der Waals surface area (Å²) in [7, 11) is 0. The minimum absolute atomic E-state index is 0.0200. The van der Waals surface area contributed by atoms with E-state index < -0.39 is 11.4 Å². The van der Waals surface area contributed by atoms with Crippen molar-refractivity contribution in [1.29, 1.82) is 5.26 Å². The lowest BCUT2D eigenvalue weighted by atomic mass is 9.90. The van der Waals surface area contributed by atoms with E-state index in [1.807, 2.05) is 63.4 Å². The third-order valence-electron chi connectivity index (χ3n) is 10.2. The van der Waals surface area contributed by atoms with Gasteiger partial charge in [0.05, 0.1) is 17.6 Å². The van der Waals surface area contributed by atoms with Gasteiger partial charge in [-0.25, -0.2) is 9.97 Å². The number of nitrogens with one attached hydrogen (secondary N) is 2. The van der Waals surface area contributed by atoms with Crippen LogP contribution in [-0.2, 0) is 17.9 Å². The van der Waals surface area contributed by atoms with Crippen LogP contribution in [0.4, 0.5) is 11.5 Å². The van der Waals surface area contributed by atoms with Crippen molar-refractivity contribution in [2.75, 3.05) is 25.0 Å². The second kappa shape index (κ2) is 14.2. The smallest absolute Gasteiger partial charge is 0.310 e. The van der Waals surface area contributed by atoms with E-state index in [1.54, 1.807) is 12.3 Å². The molecule has 2 atom stereocenters. The lowest BCUT2D eigenvalue weighted by Crippen LogP contribution is -2.31. The summed E-state index contributed by atoms with van der Waals surface area (Å²) < 4.78 is 6.24. The van der Waals surface area contributed by atoms with E-state index in [2.05, 4.69) is 51.7 Å². The number of pyridine rings is 2. The Balaban J connectivity index is 1.15. The summed E-state index contributed by atoms with van der Waals surface area (Å²) in [5, 5.41) is 36.6. The fraction of sp³-hybridized carbons (Fsp3) is 0.293. The van der Waals surface area contributed by atoms with Crippen molar-refractivity contribution in [1.82, 2.24) is 25.2 Å². The van der Waals surface area contributed by atoms with Crippen LogP contribution in [0.2, 0.25) is 0 Å². The highest BCUT2D eigenvalue weighted by molar-refractivity contribution is 5.91. The molecular formula is C41H41N7O4. The van der Waals surface area contributed by atoms with Gasteiger partial charge in [-0.15, -0.1) is 0 Å². The molecule has 0 bridgehead atoms. The number of aromatic nitrogens is 3. The van der Waals surface area contributed by atoms with Crippen LogP contribution in [0, 0.1) is 30.6 Å². The molecule has 4 heterocycles. The second-order valence-corrected chi connectivity index (χ2v) is 14.1. The highest BCUT2D eigenvalue weighted by atomic mass is 16.4. The highest BCUT2D eigenvalue weighted by Gasteiger charge is 2.40. The molecule has 0 radical (unpaired) electrons. The SMILES string of the molecule is Cc1c(Nc2nccc3cc(CN4CC[C@@](C)(C(=O)O)C4)cnc23)cccc1-c1cccc(-c2nc3cc(CNC(C)CO)cc(C#N)c3o2)c1C. The zero-order valence-corrected chi connectivity index (χ0v) is 29.7.